The van der Waals surface area contributed by atoms with Crippen LogP contribution >= 0.6 is 0 Å². The van der Waals surface area contributed by atoms with Crippen molar-refractivity contribution in [2.45, 2.75) is 123 Å². The number of carbonyl (C=O) groups is 5. The molecule has 1 saturated heterocycles. The molecule has 43 heavy (non-hydrogen) atoms. The van der Waals surface area contributed by atoms with E-state index in [4.69, 9.17) is 28.4 Å². The van der Waals surface area contributed by atoms with Crippen molar-refractivity contribution in [2.24, 2.45) is 16.7 Å². The SMILES string of the molecule is CC(=O)O[C@H]1C[C@]2(C(C)(C)O)C(=C1C)[C@@H](OC(C)=O)[C@H](OC(C)=O)[C@]1(C)[C@@H](OC(C)=O)C[C@H](OC(C)=O)[C@@]3(O)CO[C@H]2[C@H]31. The fraction of sp³-hybridized carbons (Fsp3) is 0.767. The Morgan fingerprint density at radius 2 is 1.35 bits per heavy atom. The topological polar surface area (TPSA) is 181 Å². The molecule has 13 heteroatoms. The van der Waals surface area contributed by atoms with Crippen molar-refractivity contribution in [3.8, 4) is 0 Å². The zero-order valence-electron chi connectivity index (χ0n) is 26.0. The molecule has 0 radical (unpaired) electrons. The van der Waals surface area contributed by atoms with E-state index in [2.05, 4.69) is 0 Å². The molecule has 2 N–H and O–H groups in total. The van der Waals surface area contributed by atoms with Crippen LogP contribution < -0.4 is 0 Å². The van der Waals surface area contributed by atoms with Crippen LogP contribution in [0.3, 0.4) is 0 Å². The molecule has 10 atom stereocenters. The van der Waals surface area contributed by atoms with E-state index < -0.39 is 94.4 Å². The zero-order valence-corrected chi connectivity index (χ0v) is 26.0. The van der Waals surface area contributed by atoms with E-state index in [0.29, 0.717) is 11.1 Å². The Bertz CT molecular complexity index is 1250. The third kappa shape index (κ3) is 5.02. The number of carbonyl (C=O) groups excluding carboxylic acids is 5. The molecule has 13 nitrogen and oxygen atoms in total. The summed E-state index contributed by atoms with van der Waals surface area (Å²) >= 11 is 0. The Morgan fingerprint density at radius 1 is 0.837 bits per heavy atom. The maximum atomic E-state index is 12.8. The second-order valence-corrected chi connectivity index (χ2v) is 13.0. The number of hydrogen-bond acceptors (Lipinski definition) is 13. The van der Waals surface area contributed by atoms with Crippen LogP contribution in [0.5, 0.6) is 0 Å². The van der Waals surface area contributed by atoms with Crippen LogP contribution in [0.1, 0.15) is 75.2 Å². The van der Waals surface area contributed by atoms with E-state index in [1.54, 1.807) is 13.8 Å². The minimum Gasteiger partial charge on any atom is -0.462 e. The minimum absolute atomic E-state index is 0.0361. The summed E-state index contributed by atoms with van der Waals surface area (Å²) in [5.41, 5.74) is -5.91. The van der Waals surface area contributed by atoms with E-state index in [9.17, 15) is 34.2 Å². The second kappa shape index (κ2) is 10.8. The molecule has 240 valence electrons. The maximum absolute atomic E-state index is 12.8. The van der Waals surface area contributed by atoms with E-state index in [1.807, 2.05) is 0 Å². The van der Waals surface area contributed by atoms with E-state index in [1.165, 1.54) is 48.5 Å². The van der Waals surface area contributed by atoms with Crippen molar-refractivity contribution in [3.05, 3.63) is 11.1 Å². The predicted molar refractivity (Wildman–Crippen MR) is 145 cm³/mol. The van der Waals surface area contributed by atoms with Crippen LogP contribution in [0, 0.1) is 16.7 Å². The predicted octanol–water partition coefficient (Wildman–Crippen LogP) is 1.29. The standard InChI is InChI=1S/C30H42O13/c1-13-19(39-14(2)31)11-29(27(7,8)36)22(13)23(42-17(5)34)25(43-18(6)35)28(9)20(40-15(3)32)10-21(41-16(4)33)30(37)12-38-26(29)24(28)30/h19-21,23-26,36-37H,10-12H2,1-9H3/t19-,20-,21-,23+,24-,25-,26-,28+,29-,30-/m0/s1. The highest BCUT2D eigenvalue weighted by atomic mass is 16.6. The van der Waals surface area contributed by atoms with Crippen LogP contribution in [0.2, 0.25) is 0 Å². The zero-order chi connectivity index (χ0) is 32.4. The summed E-state index contributed by atoms with van der Waals surface area (Å²) in [5, 5.41) is 24.6. The van der Waals surface area contributed by atoms with Gasteiger partial charge in [0.1, 0.15) is 23.9 Å². The third-order valence-electron chi connectivity index (χ3n) is 9.84. The van der Waals surface area contributed by atoms with Gasteiger partial charge in [-0.1, -0.05) is 6.92 Å². The van der Waals surface area contributed by atoms with Gasteiger partial charge >= 0.3 is 29.8 Å². The van der Waals surface area contributed by atoms with Crippen LogP contribution in [0.25, 0.3) is 0 Å². The van der Waals surface area contributed by atoms with Crippen molar-refractivity contribution in [1.29, 1.82) is 0 Å². The van der Waals surface area contributed by atoms with E-state index in [-0.39, 0.29) is 19.4 Å². The lowest BCUT2D eigenvalue weighted by atomic mass is 9.52. The van der Waals surface area contributed by atoms with Crippen molar-refractivity contribution in [3.63, 3.8) is 0 Å². The number of hydrogen-bond donors (Lipinski definition) is 2. The highest BCUT2D eigenvalue weighted by Crippen LogP contribution is 2.69. The summed E-state index contributed by atoms with van der Waals surface area (Å²) in [6.07, 6.45) is -7.40. The first-order chi connectivity index (χ1) is 19.7. The smallest absolute Gasteiger partial charge is 0.303 e. The number of ether oxygens (including phenoxy) is 6. The van der Waals surface area contributed by atoms with Gasteiger partial charge in [-0.2, -0.15) is 0 Å². The van der Waals surface area contributed by atoms with Crippen LogP contribution in [-0.4, -0.2) is 94.5 Å². The van der Waals surface area contributed by atoms with Gasteiger partial charge in [0.05, 0.1) is 29.1 Å². The molecule has 4 rings (SSSR count). The van der Waals surface area contributed by atoms with Gasteiger partial charge in [0.25, 0.3) is 0 Å². The first-order valence-electron chi connectivity index (χ1n) is 14.3. The summed E-state index contributed by atoms with van der Waals surface area (Å²) < 4.78 is 35.5. The molecule has 0 aromatic carbocycles. The molecule has 0 unspecified atom stereocenters. The molecule has 4 aliphatic rings. The fourth-order valence-electron chi connectivity index (χ4n) is 8.43. The Kier molecular flexibility index (Phi) is 8.29. The Hall–Kier alpha value is -3.03. The monoisotopic (exact) mass is 610 g/mol. The fourth-order valence-corrected chi connectivity index (χ4v) is 8.43. The molecule has 3 fully saturated rings. The molecule has 1 aliphatic heterocycles. The van der Waals surface area contributed by atoms with E-state index >= 15 is 0 Å². The Labute approximate surface area is 250 Å². The maximum Gasteiger partial charge on any atom is 0.303 e. The van der Waals surface area contributed by atoms with Gasteiger partial charge in [0.2, 0.25) is 0 Å². The van der Waals surface area contributed by atoms with Gasteiger partial charge in [-0.25, -0.2) is 0 Å². The summed E-state index contributed by atoms with van der Waals surface area (Å²) in [6.45, 7) is 12.0. The summed E-state index contributed by atoms with van der Waals surface area (Å²) in [5.74, 6) is -4.62. The molecule has 0 aromatic heterocycles. The molecule has 0 amide bonds. The first kappa shape index (κ1) is 32.9. The molecule has 0 bridgehead atoms. The number of rotatable bonds is 6. The normalized spacial score (nSPS) is 40.0. The summed E-state index contributed by atoms with van der Waals surface area (Å²) in [4.78, 5) is 62.4. The minimum atomic E-state index is -1.93. The highest BCUT2D eigenvalue weighted by molar-refractivity contribution is 5.70. The largest absolute Gasteiger partial charge is 0.462 e. The molecule has 3 aliphatic carbocycles. The van der Waals surface area contributed by atoms with Gasteiger partial charge in [-0.05, 0) is 31.9 Å². The quantitative estimate of drug-likeness (QED) is 0.250. The molecule has 1 heterocycles. The second-order valence-electron chi connectivity index (χ2n) is 13.0. The average Bonchev–Trinajstić information content (AvgIpc) is 3.32. The van der Waals surface area contributed by atoms with Gasteiger partial charge in [-0.3, -0.25) is 24.0 Å². The van der Waals surface area contributed by atoms with Crippen molar-refractivity contribution < 1.29 is 62.6 Å². The van der Waals surface area contributed by atoms with Gasteiger partial charge in [0, 0.05) is 53.4 Å². The van der Waals surface area contributed by atoms with Gasteiger partial charge in [0.15, 0.2) is 12.2 Å². The number of aliphatic hydroxyl groups is 2. The number of fused-ring (bicyclic) bond motifs is 2. The first-order valence-corrected chi connectivity index (χ1v) is 14.3. The molecule has 0 aromatic rings. The molecular weight excluding hydrogens is 568 g/mol. The van der Waals surface area contributed by atoms with Gasteiger partial charge < -0.3 is 38.6 Å². The summed E-state index contributed by atoms with van der Waals surface area (Å²) in [6, 6.07) is 0. The van der Waals surface area contributed by atoms with Crippen molar-refractivity contribution >= 4 is 29.8 Å². The molecule has 2 saturated carbocycles. The van der Waals surface area contributed by atoms with Crippen LogP contribution in [0.15, 0.2) is 11.1 Å². The number of esters is 5. The van der Waals surface area contributed by atoms with Crippen molar-refractivity contribution in [2.75, 3.05) is 6.61 Å². The highest BCUT2D eigenvalue weighted by Gasteiger charge is 2.79. The third-order valence-corrected chi connectivity index (χ3v) is 9.84. The Morgan fingerprint density at radius 3 is 1.84 bits per heavy atom. The van der Waals surface area contributed by atoms with Crippen molar-refractivity contribution in [1.82, 2.24) is 0 Å². The Balaban J connectivity index is 2.15. The van der Waals surface area contributed by atoms with E-state index in [0.717, 1.165) is 0 Å². The average molecular weight is 611 g/mol. The van der Waals surface area contributed by atoms with Crippen LogP contribution in [-0.2, 0) is 52.4 Å². The lowest BCUT2D eigenvalue weighted by Crippen LogP contribution is -2.70. The molecular formula is C30H42O13. The molecule has 0 spiro atoms. The van der Waals surface area contributed by atoms with Gasteiger partial charge in [-0.15, -0.1) is 0 Å². The lowest BCUT2D eigenvalue weighted by Gasteiger charge is -2.57. The van der Waals surface area contributed by atoms with Crippen LogP contribution in [0.4, 0.5) is 0 Å². The lowest BCUT2D eigenvalue weighted by molar-refractivity contribution is -0.253. The summed E-state index contributed by atoms with van der Waals surface area (Å²) in [7, 11) is 0.